The van der Waals surface area contributed by atoms with Crippen molar-refractivity contribution >= 4 is 23.1 Å². The molecule has 0 saturated heterocycles. The van der Waals surface area contributed by atoms with Crippen molar-refractivity contribution in [2.45, 2.75) is 33.1 Å². The molecule has 0 N–H and O–H groups in total. The predicted molar refractivity (Wildman–Crippen MR) is 113 cm³/mol. The number of carbonyl (C=O) groups excluding carboxylic acids is 2. The Labute approximate surface area is 182 Å². The summed E-state index contributed by atoms with van der Waals surface area (Å²) in [4.78, 5) is 30.1. The molecule has 0 radical (unpaired) electrons. The number of rotatable bonds is 6. The molecule has 1 aliphatic rings. The van der Waals surface area contributed by atoms with E-state index in [0.29, 0.717) is 34.2 Å². The van der Waals surface area contributed by atoms with Crippen molar-refractivity contribution in [2.24, 2.45) is 11.0 Å². The van der Waals surface area contributed by atoms with Gasteiger partial charge in [-0.25, -0.2) is 8.78 Å². The van der Waals surface area contributed by atoms with Crippen LogP contribution in [0.5, 0.6) is 0 Å². The summed E-state index contributed by atoms with van der Waals surface area (Å²) >= 11 is 0. The Balaban J connectivity index is 1.55. The Morgan fingerprint density at radius 1 is 1.16 bits per heavy atom. The molecule has 0 bridgehead atoms. The number of nitrogens with zero attached hydrogens (tertiary/aromatic N) is 4. The van der Waals surface area contributed by atoms with E-state index in [4.69, 9.17) is 4.52 Å². The standard InChI is InChI=1S/C23H20F2N4O3/c1-13-20(19(30)11-15-6-4-8-17(10-15)23(3,24)25)22(31)29(27-13)18-9-5-7-16(12-18)21-26-14(2)32-28-21/h4-10,12,20H,11H2,1-3H3. The van der Waals surface area contributed by atoms with Gasteiger partial charge in [0.05, 0.1) is 11.4 Å². The lowest BCUT2D eigenvalue weighted by molar-refractivity contribution is -0.128. The molecule has 0 spiro atoms. The summed E-state index contributed by atoms with van der Waals surface area (Å²) in [6, 6.07) is 12.5. The van der Waals surface area contributed by atoms with Crippen LogP contribution in [0.3, 0.4) is 0 Å². The molecule has 1 amide bonds. The highest BCUT2D eigenvalue weighted by Gasteiger charge is 2.39. The molecule has 0 aliphatic carbocycles. The highest BCUT2D eigenvalue weighted by molar-refractivity contribution is 6.27. The van der Waals surface area contributed by atoms with Crippen LogP contribution in [0, 0.1) is 12.8 Å². The Bertz CT molecular complexity index is 1230. The van der Waals surface area contributed by atoms with Crippen molar-refractivity contribution in [3.63, 3.8) is 0 Å². The van der Waals surface area contributed by atoms with Crippen LogP contribution >= 0.6 is 0 Å². The molecule has 9 heteroatoms. The molecular weight excluding hydrogens is 418 g/mol. The van der Waals surface area contributed by atoms with E-state index in [9.17, 15) is 18.4 Å². The third-order valence-electron chi connectivity index (χ3n) is 5.14. The van der Waals surface area contributed by atoms with Crippen molar-refractivity contribution < 1.29 is 22.9 Å². The van der Waals surface area contributed by atoms with Gasteiger partial charge in [0.25, 0.3) is 11.8 Å². The monoisotopic (exact) mass is 438 g/mol. The second-order valence-electron chi connectivity index (χ2n) is 7.74. The first-order valence-electron chi connectivity index (χ1n) is 9.93. The van der Waals surface area contributed by atoms with Gasteiger partial charge in [0.2, 0.25) is 11.7 Å². The first kappa shape index (κ1) is 21.5. The minimum atomic E-state index is -3.02. The van der Waals surface area contributed by atoms with E-state index in [1.165, 1.54) is 23.2 Å². The third-order valence-corrected chi connectivity index (χ3v) is 5.14. The SMILES string of the molecule is CC1=NN(c2cccc(-c3noc(C)n3)c2)C(=O)C1C(=O)Cc1cccc(C(C)(F)F)c1. The number of amides is 1. The van der Waals surface area contributed by atoms with Crippen molar-refractivity contribution in [3.8, 4) is 11.4 Å². The number of aryl methyl sites for hydroxylation is 1. The summed E-state index contributed by atoms with van der Waals surface area (Å²) in [6.07, 6.45) is -0.150. The molecule has 1 aliphatic heterocycles. The maximum Gasteiger partial charge on any atom is 0.270 e. The normalized spacial score (nSPS) is 16.4. The minimum absolute atomic E-state index is 0.150. The molecule has 32 heavy (non-hydrogen) atoms. The van der Waals surface area contributed by atoms with Gasteiger partial charge in [0, 0.05) is 31.4 Å². The second kappa shape index (κ2) is 8.07. The summed E-state index contributed by atoms with van der Waals surface area (Å²) in [7, 11) is 0. The zero-order valence-electron chi connectivity index (χ0n) is 17.7. The van der Waals surface area contributed by atoms with Gasteiger partial charge in [0.15, 0.2) is 5.78 Å². The van der Waals surface area contributed by atoms with Crippen LogP contribution in [0.25, 0.3) is 11.4 Å². The summed E-state index contributed by atoms with van der Waals surface area (Å²) < 4.78 is 32.2. The van der Waals surface area contributed by atoms with E-state index in [0.717, 1.165) is 6.92 Å². The number of hydrogen-bond donors (Lipinski definition) is 0. The highest BCUT2D eigenvalue weighted by atomic mass is 19.3. The number of aromatic nitrogens is 2. The van der Waals surface area contributed by atoms with Gasteiger partial charge in [-0.2, -0.15) is 15.1 Å². The van der Waals surface area contributed by atoms with E-state index in [1.54, 1.807) is 44.2 Å². The molecule has 0 saturated carbocycles. The van der Waals surface area contributed by atoms with Crippen molar-refractivity contribution in [2.75, 3.05) is 5.01 Å². The molecule has 0 fully saturated rings. The van der Waals surface area contributed by atoms with E-state index >= 15 is 0 Å². The smallest absolute Gasteiger partial charge is 0.270 e. The fraction of sp³-hybridized carbons (Fsp3) is 0.261. The number of halogens is 2. The highest BCUT2D eigenvalue weighted by Crippen LogP contribution is 2.30. The van der Waals surface area contributed by atoms with Crippen LogP contribution in [0.4, 0.5) is 14.5 Å². The number of benzene rings is 2. The van der Waals surface area contributed by atoms with E-state index < -0.39 is 23.5 Å². The fourth-order valence-corrected chi connectivity index (χ4v) is 3.57. The van der Waals surface area contributed by atoms with Gasteiger partial charge >= 0.3 is 0 Å². The lowest BCUT2D eigenvalue weighted by atomic mass is 9.93. The maximum atomic E-state index is 13.6. The molecule has 3 aromatic rings. The van der Waals surface area contributed by atoms with Gasteiger partial charge in [-0.3, -0.25) is 9.59 Å². The number of alkyl halides is 2. The van der Waals surface area contributed by atoms with Crippen LogP contribution in [0.2, 0.25) is 0 Å². The number of hydrazone groups is 1. The molecule has 4 rings (SSSR count). The van der Waals surface area contributed by atoms with Gasteiger partial charge in [0.1, 0.15) is 5.92 Å². The Hall–Kier alpha value is -3.75. The molecule has 7 nitrogen and oxygen atoms in total. The largest absolute Gasteiger partial charge is 0.339 e. The quantitative estimate of drug-likeness (QED) is 0.535. The van der Waals surface area contributed by atoms with E-state index in [2.05, 4.69) is 15.2 Å². The number of hydrogen-bond acceptors (Lipinski definition) is 6. The minimum Gasteiger partial charge on any atom is -0.339 e. The van der Waals surface area contributed by atoms with Crippen LogP contribution in [0.1, 0.15) is 30.9 Å². The summed E-state index contributed by atoms with van der Waals surface area (Å²) in [6.45, 7) is 4.07. The Kier molecular flexibility index (Phi) is 5.41. The average molecular weight is 438 g/mol. The first-order chi connectivity index (χ1) is 15.1. The number of anilines is 1. The lowest BCUT2D eigenvalue weighted by Gasteiger charge is -2.15. The summed E-state index contributed by atoms with van der Waals surface area (Å²) in [5.74, 6) is -4.20. The second-order valence-corrected chi connectivity index (χ2v) is 7.74. The van der Waals surface area contributed by atoms with Crippen molar-refractivity contribution in [1.29, 1.82) is 0 Å². The zero-order valence-corrected chi connectivity index (χ0v) is 17.7. The average Bonchev–Trinajstić information content (AvgIpc) is 3.30. The number of Topliss-reactive ketones (excluding diaryl/α,β-unsaturated/α-hetero) is 1. The summed E-state index contributed by atoms with van der Waals surface area (Å²) in [5, 5.41) is 9.32. The molecular formula is C23H20F2N4O3. The van der Waals surface area contributed by atoms with Gasteiger partial charge in [-0.1, -0.05) is 35.5 Å². The van der Waals surface area contributed by atoms with Gasteiger partial charge in [-0.15, -0.1) is 0 Å². The molecule has 1 unspecified atom stereocenters. The van der Waals surface area contributed by atoms with Crippen molar-refractivity contribution in [3.05, 3.63) is 65.5 Å². The van der Waals surface area contributed by atoms with Crippen LogP contribution in [0.15, 0.2) is 58.2 Å². The Morgan fingerprint density at radius 2 is 1.91 bits per heavy atom. The first-order valence-corrected chi connectivity index (χ1v) is 9.93. The zero-order chi connectivity index (χ0) is 23.0. The van der Waals surface area contributed by atoms with Gasteiger partial charge < -0.3 is 4.52 Å². The fourth-order valence-electron chi connectivity index (χ4n) is 3.57. The van der Waals surface area contributed by atoms with Crippen LogP contribution in [-0.4, -0.2) is 27.5 Å². The Morgan fingerprint density at radius 3 is 2.59 bits per heavy atom. The molecule has 1 aromatic heterocycles. The van der Waals surface area contributed by atoms with Crippen molar-refractivity contribution in [1.82, 2.24) is 10.1 Å². The van der Waals surface area contributed by atoms with Crippen LogP contribution in [-0.2, 0) is 21.9 Å². The topological polar surface area (TPSA) is 88.7 Å². The predicted octanol–water partition coefficient (Wildman–Crippen LogP) is 4.31. The maximum absolute atomic E-state index is 13.6. The third kappa shape index (κ3) is 4.18. The van der Waals surface area contributed by atoms with Crippen LogP contribution < -0.4 is 5.01 Å². The molecule has 2 heterocycles. The van der Waals surface area contributed by atoms with E-state index in [1.807, 2.05) is 0 Å². The van der Waals surface area contributed by atoms with E-state index in [-0.39, 0.29) is 12.0 Å². The summed E-state index contributed by atoms with van der Waals surface area (Å²) in [5.41, 5.74) is 1.67. The molecule has 164 valence electrons. The molecule has 2 aromatic carbocycles. The molecule has 1 atom stereocenters. The number of ketones is 1. The number of carbonyl (C=O) groups is 2. The van der Waals surface area contributed by atoms with Gasteiger partial charge in [-0.05, 0) is 30.7 Å². The lowest BCUT2D eigenvalue weighted by Crippen LogP contribution is -2.33.